The molecule has 0 spiro atoms. The largest absolute Gasteiger partial charge is 0.469 e. The third kappa shape index (κ3) is 6.11. The standard InChI is InChI=1S/C27H32O5S/c1-27(2)25(30)21(11-6-4-5-7-13-24(29)32-3)22(26(27)31)15-14-19(28)17-20-16-18-10-8-9-12-23(18)33-20/h8-10,12,14-16,19,21-22,26,28,31H,5,7,11,13,17H2,1-3H3/t19?,21-,22+,26+/m1/s1. The van der Waals surface area contributed by atoms with Gasteiger partial charge in [0.2, 0.25) is 0 Å². The highest BCUT2D eigenvalue weighted by Crippen LogP contribution is 2.44. The third-order valence-electron chi connectivity index (χ3n) is 6.34. The van der Waals surface area contributed by atoms with Crippen LogP contribution in [0.3, 0.4) is 0 Å². The Morgan fingerprint density at radius 2 is 2.06 bits per heavy atom. The first-order valence-corrected chi connectivity index (χ1v) is 12.1. The lowest BCUT2D eigenvalue weighted by atomic mass is 9.86. The first-order valence-electron chi connectivity index (χ1n) is 11.3. The van der Waals surface area contributed by atoms with Gasteiger partial charge >= 0.3 is 5.97 Å². The second-order valence-corrected chi connectivity index (χ2v) is 10.3. The molecule has 33 heavy (non-hydrogen) atoms. The summed E-state index contributed by atoms with van der Waals surface area (Å²) in [5.74, 6) is 4.99. The molecule has 0 bridgehead atoms. The van der Waals surface area contributed by atoms with Crippen LogP contribution in [0.1, 0.15) is 44.4 Å². The molecule has 1 aliphatic carbocycles. The number of benzene rings is 1. The topological polar surface area (TPSA) is 83.8 Å². The average molecular weight is 469 g/mol. The molecule has 176 valence electrons. The fourth-order valence-corrected chi connectivity index (χ4v) is 5.44. The van der Waals surface area contributed by atoms with Crippen molar-refractivity contribution in [2.45, 2.75) is 58.2 Å². The van der Waals surface area contributed by atoms with Crippen LogP contribution in [0.2, 0.25) is 0 Å². The number of fused-ring (bicyclic) bond motifs is 1. The molecule has 1 aromatic heterocycles. The summed E-state index contributed by atoms with van der Waals surface area (Å²) in [6, 6.07) is 10.2. The number of ketones is 1. The number of esters is 1. The first-order chi connectivity index (χ1) is 15.7. The highest BCUT2D eigenvalue weighted by atomic mass is 32.1. The molecule has 1 aromatic carbocycles. The Hall–Kier alpha value is -2.46. The number of methoxy groups -OCH3 is 1. The summed E-state index contributed by atoms with van der Waals surface area (Å²) in [6.45, 7) is 3.52. The van der Waals surface area contributed by atoms with Gasteiger partial charge in [-0.1, -0.05) is 44.2 Å². The van der Waals surface area contributed by atoms with E-state index in [1.807, 2.05) is 12.1 Å². The lowest BCUT2D eigenvalue weighted by Crippen LogP contribution is -2.31. The third-order valence-corrected chi connectivity index (χ3v) is 7.48. The Morgan fingerprint density at radius 3 is 2.79 bits per heavy atom. The number of aliphatic hydroxyl groups excluding tert-OH is 2. The maximum Gasteiger partial charge on any atom is 0.305 e. The number of carbonyl (C=O) groups excluding carboxylic acids is 2. The number of hydrogen-bond donors (Lipinski definition) is 2. The molecule has 1 unspecified atom stereocenters. The molecule has 1 saturated carbocycles. The molecular weight excluding hydrogens is 436 g/mol. The number of carbonyl (C=O) groups is 2. The molecule has 6 heteroatoms. The van der Waals surface area contributed by atoms with Gasteiger partial charge in [-0.25, -0.2) is 0 Å². The minimum atomic E-state index is -0.858. The van der Waals surface area contributed by atoms with E-state index >= 15 is 0 Å². The van der Waals surface area contributed by atoms with E-state index in [1.54, 1.807) is 37.3 Å². The maximum atomic E-state index is 12.9. The molecular formula is C27H32O5S. The Kier molecular flexibility index (Phi) is 8.47. The lowest BCUT2D eigenvalue weighted by Gasteiger charge is -2.22. The van der Waals surface area contributed by atoms with E-state index < -0.39 is 29.5 Å². The molecule has 5 nitrogen and oxygen atoms in total. The van der Waals surface area contributed by atoms with Crippen LogP contribution in [0, 0.1) is 29.1 Å². The number of ether oxygens (including phenoxy) is 1. The van der Waals surface area contributed by atoms with Crippen molar-refractivity contribution in [3.63, 3.8) is 0 Å². The van der Waals surface area contributed by atoms with E-state index in [1.165, 1.54) is 11.8 Å². The predicted octanol–water partition coefficient (Wildman–Crippen LogP) is 4.30. The molecule has 2 N–H and O–H groups in total. The molecule has 0 aliphatic heterocycles. The minimum absolute atomic E-state index is 0.00694. The summed E-state index contributed by atoms with van der Waals surface area (Å²) < 4.78 is 5.80. The molecule has 1 heterocycles. The van der Waals surface area contributed by atoms with Gasteiger partial charge in [0.1, 0.15) is 5.78 Å². The molecule has 4 atom stereocenters. The van der Waals surface area contributed by atoms with Crippen LogP contribution in [0.5, 0.6) is 0 Å². The zero-order valence-corrected chi connectivity index (χ0v) is 20.2. The van der Waals surface area contributed by atoms with Crippen molar-refractivity contribution in [2.75, 3.05) is 7.11 Å². The summed E-state index contributed by atoms with van der Waals surface area (Å²) in [6.07, 6.45) is 4.28. The quantitative estimate of drug-likeness (QED) is 0.261. The number of unbranched alkanes of at least 4 members (excludes halogenated alkanes) is 1. The monoisotopic (exact) mass is 468 g/mol. The van der Waals surface area contributed by atoms with Gasteiger partial charge in [0, 0.05) is 47.1 Å². The summed E-state index contributed by atoms with van der Waals surface area (Å²) in [7, 11) is 1.36. The van der Waals surface area contributed by atoms with Gasteiger partial charge in [0.25, 0.3) is 0 Å². The number of rotatable bonds is 8. The van der Waals surface area contributed by atoms with Crippen LogP contribution in [0.4, 0.5) is 0 Å². The van der Waals surface area contributed by atoms with Crippen molar-refractivity contribution < 1.29 is 24.5 Å². The highest BCUT2D eigenvalue weighted by Gasteiger charge is 2.53. The average Bonchev–Trinajstić information content (AvgIpc) is 3.26. The second-order valence-electron chi connectivity index (χ2n) is 9.11. The lowest BCUT2D eigenvalue weighted by molar-refractivity contribution is -0.140. The zero-order valence-electron chi connectivity index (χ0n) is 19.4. The summed E-state index contributed by atoms with van der Waals surface area (Å²) in [5, 5.41) is 22.6. The van der Waals surface area contributed by atoms with Crippen LogP contribution in [-0.2, 0) is 20.7 Å². The first kappa shape index (κ1) is 25.2. The Bertz CT molecular complexity index is 1040. The van der Waals surface area contributed by atoms with Gasteiger partial charge in [-0.05, 0) is 23.9 Å². The van der Waals surface area contributed by atoms with Crippen molar-refractivity contribution in [3.8, 4) is 11.8 Å². The van der Waals surface area contributed by atoms with Crippen molar-refractivity contribution in [2.24, 2.45) is 17.3 Å². The SMILES string of the molecule is COC(=O)CCCC#CC[C@H]1C(=O)C(C)(C)[C@@H](O)[C@H]1C=CC(O)Cc1cc2ccccc2s1. The summed E-state index contributed by atoms with van der Waals surface area (Å²) >= 11 is 1.66. The smallest absolute Gasteiger partial charge is 0.305 e. The van der Waals surface area contributed by atoms with Crippen molar-refractivity contribution in [1.29, 1.82) is 0 Å². The molecule has 2 aromatic rings. The van der Waals surface area contributed by atoms with Crippen LogP contribution >= 0.6 is 11.3 Å². The van der Waals surface area contributed by atoms with Gasteiger partial charge in [-0.2, -0.15) is 0 Å². The summed E-state index contributed by atoms with van der Waals surface area (Å²) in [4.78, 5) is 25.2. The van der Waals surface area contributed by atoms with E-state index in [9.17, 15) is 19.8 Å². The van der Waals surface area contributed by atoms with Crippen LogP contribution in [0.25, 0.3) is 10.1 Å². The van der Waals surface area contributed by atoms with Gasteiger partial charge in [0.05, 0.1) is 24.7 Å². The Morgan fingerprint density at radius 1 is 1.30 bits per heavy atom. The summed E-state index contributed by atoms with van der Waals surface area (Å²) in [5.41, 5.74) is -0.858. The van der Waals surface area contributed by atoms with Crippen molar-refractivity contribution in [3.05, 3.63) is 47.4 Å². The predicted molar refractivity (Wildman–Crippen MR) is 131 cm³/mol. The number of Topliss-reactive ketones (excluding diaryl/α,β-unsaturated/α-hetero) is 1. The Balaban J connectivity index is 1.63. The van der Waals surface area contributed by atoms with Crippen molar-refractivity contribution >= 4 is 33.2 Å². The molecule has 0 saturated heterocycles. The van der Waals surface area contributed by atoms with E-state index in [2.05, 4.69) is 34.8 Å². The van der Waals surface area contributed by atoms with Gasteiger partial charge in [0.15, 0.2) is 0 Å². The second kappa shape index (κ2) is 11.1. The van der Waals surface area contributed by atoms with Crippen LogP contribution in [-0.4, -0.2) is 41.3 Å². The maximum absolute atomic E-state index is 12.9. The number of thiophene rings is 1. The van der Waals surface area contributed by atoms with E-state index in [4.69, 9.17) is 0 Å². The molecule has 0 amide bonds. The van der Waals surface area contributed by atoms with E-state index in [-0.39, 0.29) is 11.8 Å². The number of aliphatic hydroxyl groups is 2. The fourth-order valence-electron chi connectivity index (χ4n) is 4.33. The van der Waals surface area contributed by atoms with Crippen molar-refractivity contribution in [1.82, 2.24) is 0 Å². The molecule has 1 aliphatic rings. The normalized spacial score (nSPS) is 22.9. The fraction of sp³-hybridized carbons (Fsp3) is 0.481. The van der Waals surface area contributed by atoms with Crippen LogP contribution < -0.4 is 0 Å². The van der Waals surface area contributed by atoms with Crippen LogP contribution in [0.15, 0.2) is 42.5 Å². The molecule has 1 fully saturated rings. The molecule has 3 rings (SSSR count). The number of hydrogen-bond acceptors (Lipinski definition) is 6. The highest BCUT2D eigenvalue weighted by molar-refractivity contribution is 7.19. The van der Waals surface area contributed by atoms with Gasteiger partial charge < -0.3 is 14.9 Å². The zero-order chi connectivity index (χ0) is 24.0. The molecule has 0 radical (unpaired) electrons. The minimum Gasteiger partial charge on any atom is -0.469 e. The van der Waals surface area contributed by atoms with Gasteiger partial charge in [-0.3, -0.25) is 9.59 Å². The van der Waals surface area contributed by atoms with E-state index in [0.717, 1.165) is 10.3 Å². The van der Waals surface area contributed by atoms with E-state index in [0.29, 0.717) is 32.1 Å². The Labute approximate surface area is 199 Å². The van der Waals surface area contributed by atoms with Gasteiger partial charge in [-0.15, -0.1) is 23.2 Å².